The molecule has 2 N–H and O–H groups in total. The minimum Gasteiger partial charge on any atom is -0.497 e. The standard InChI is InChI=1S/C24H35N7O2/c1-17(2)21-16-26-31-22(21)28-23(25-9-6-10-30-11-13-33-14-12-30)29-24(31)27-18(3)19-7-5-8-20(15-19)32-4/h5,7-8,15-18H,6,9-14H2,1-4H3,(H2,25,27,28,29). The Bertz CT molecular complexity index is 1050. The van der Waals surface area contributed by atoms with E-state index in [9.17, 15) is 0 Å². The molecule has 0 bridgehead atoms. The second-order valence-corrected chi connectivity index (χ2v) is 8.74. The molecule has 0 aliphatic carbocycles. The number of benzene rings is 1. The Kier molecular flexibility index (Phi) is 7.61. The van der Waals surface area contributed by atoms with Crippen molar-refractivity contribution in [2.45, 2.75) is 39.2 Å². The topological polar surface area (TPSA) is 88.8 Å². The minimum absolute atomic E-state index is 0.0130. The van der Waals surface area contributed by atoms with Gasteiger partial charge in [0.05, 0.1) is 32.6 Å². The molecule has 9 heteroatoms. The molecule has 0 radical (unpaired) electrons. The maximum Gasteiger partial charge on any atom is 0.229 e. The zero-order valence-electron chi connectivity index (χ0n) is 20.0. The summed E-state index contributed by atoms with van der Waals surface area (Å²) in [7, 11) is 1.68. The van der Waals surface area contributed by atoms with E-state index in [2.05, 4.69) is 47.5 Å². The Morgan fingerprint density at radius 2 is 1.97 bits per heavy atom. The molecule has 1 aliphatic heterocycles. The molecule has 3 heterocycles. The molecular formula is C24H35N7O2. The van der Waals surface area contributed by atoms with Crippen molar-refractivity contribution in [2.24, 2.45) is 0 Å². The normalized spacial score (nSPS) is 15.7. The first-order valence-corrected chi connectivity index (χ1v) is 11.7. The van der Waals surface area contributed by atoms with Crippen LogP contribution >= 0.6 is 0 Å². The lowest BCUT2D eigenvalue weighted by Gasteiger charge is -2.26. The first-order valence-electron chi connectivity index (χ1n) is 11.7. The number of nitrogens with one attached hydrogen (secondary N) is 2. The number of fused-ring (bicyclic) bond motifs is 1. The summed E-state index contributed by atoms with van der Waals surface area (Å²) in [5.41, 5.74) is 3.04. The highest BCUT2D eigenvalue weighted by Crippen LogP contribution is 2.25. The summed E-state index contributed by atoms with van der Waals surface area (Å²) in [6.45, 7) is 11.9. The number of anilines is 2. The number of hydrogen-bond acceptors (Lipinski definition) is 8. The average molecular weight is 454 g/mol. The number of hydrogen-bond donors (Lipinski definition) is 2. The van der Waals surface area contributed by atoms with Gasteiger partial charge in [0, 0.05) is 25.2 Å². The van der Waals surface area contributed by atoms with Gasteiger partial charge in [0.2, 0.25) is 11.9 Å². The molecule has 2 aromatic heterocycles. The van der Waals surface area contributed by atoms with E-state index in [1.54, 1.807) is 11.6 Å². The van der Waals surface area contributed by atoms with Gasteiger partial charge in [-0.25, -0.2) is 0 Å². The van der Waals surface area contributed by atoms with Crippen molar-refractivity contribution >= 4 is 17.5 Å². The minimum atomic E-state index is 0.0130. The van der Waals surface area contributed by atoms with Gasteiger partial charge in [0.1, 0.15) is 5.75 Å². The monoisotopic (exact) mass is 453 g/mol. The van der Waals surface area contributed by atoms with Crippen LogP contribution in [0.2, 0.25) is 0 Å². The van der Waals surface area contributed by atoms with Crippen molar-refractivity contribution in [2.75, 3.05) is 57.1 Å². The molecule has 1 unspecified atom stereocenters. The predicted octanol–water partition coefficient (Wildman–Crippen LogP) is 3.56. The van der Waals surface area contributed by atoms with E-state index >= 15 is 0 Å². The fraction of sp³-hybridized carbons (Fsp3) is 0.542. The highest BCUT2D eigenvalue weighted by Gasteiger charge is 2.17. The maximum absolute atomic E-state index is 5.43. The number of aromatic nitrogens is 4. The van der Waals surface area contributed by atoms with Crippen LogP contribution in [0.25, 0.3) is 5.65 Å². The Morgan fingerprint density at radius 1 is 1.15 bits per heavy atom. The summed E-state index contributed by atoms with van der Waals surface area (Å²) in [6.07, 6.45) is 2.91. The van der Waals surface area contributed by atoms with Gasteiger partial charge in [0.15, 0.2) is 5.65 Å². The molecule has 0 saturated carbocycles. The largest absolute Gasteiger partial charge is 0.497 e. The summed E-state index contributed by atoms with van der Waals surface area (Å²) in [4.78, 5) is 12.0. The van der Waals surface area contributed by atoms with E-state index in [1.165, 1.54) is 0 Å². The molecule has 1 atom stereocenters. The molecule has 178 valence electrons. The lowest BCUT2D eigenvalue weighted by molar-refractivity contribution is 0.0378. The van der Waals surface area contributed by atoms with Crippen LogP contribution in [-0.4, -0.2) is 71.0 Å². The summed E-state index contributed by atoms with van der Waals surface area (Å²) >= 11 is 0. The third kappa shape index (κ3) is 5.72. The van der Waals surface area contributed by atoms with E-state index in [-0.39, 0.29) is 6.04 Å². The van der Waals surface area contributed by atoms with E-state index in [4.69, 9.17) is 19.4 Å². The molecule has 0 amide bonds. The molecule has 1 aliphatic rings. The van der Waals surface area contributed by atoms with Gasteiger partial charge in [-0.05, 0) is 43.5 Å². The van der Waals surface area contributed by atoms with Crippen LogP contribution in [-0.2, 0) is 4.74 Å². The van der Waals surface area contributed by atoms with Gasteiger partial charge < -0.3 is 20.1 Å². The van der Waals surface area contributed by atoms with Crippen molar-refractivity contribution in [3.63, 3.8) is 0 Å². The third-order valence-corrected chi connectivity index (χ3v) is 5.99. The second-order valence-electron chi connectivity index (χ2n) is 8.74. The SMILES string of the molecule is COc1cccc(C(C)Nc2nc(NCCCN3CCOCC3)nc3c(C(C)C)cnn23)c1. The van der Waals surface area contributed by atoms with Gasteiger partial charge in [-0.2, -0.15) is 19.6 Å². The summed E-state index contributed by atoms with van der Waals surface area (Å²) < 4.78 is 12.6. The zero-order chi connectivity index (χ0) is 23.2. The van der Waals surface area contributed by atoms with Crippen molar-refractivity contribution in [3.05, 3.63) is 41.6 Å². The maximum atomic E-state index is 5.43. The van der Waals surface area contributed by atoms with E-state index in [0.29, 0.717) is 17.8 Å². The van der Waals surface area contributed by atoms with E-state index in [0.717, 1.165) is 68.3 Å². The Labute approximate surface area is 195 Å². The third-order valence-electron chi connectivity index (χ3n) is 5.99. The molecule has 33 heavy (non-hydrogen) atoms. The van der Waals surface area contributed by atoms with Gasteiger partial charge in [-0.1, -0.05) is 26.0 Å². The summed E-state index contributed by atoms with van der Waals surface area (Å²) in [6, 6.07) is 8.06. The molecule has 1 fully saturated rings. The molecule has 1 aromatic carbocycles. The fourth-order valence-electron chi connectivity index (χ4n) is 3.99. The number of ether oxygens (including phenoxy) is 2. The van der Waals surface area contributed by atoms with Crippen LogP contribution in [0.5, 0.6) is 5.75 Å². The summed E-state index contributed by atoms with van der Waals surface area (Å²) in [5, 5.41) is 11.5. The predicted molar refractivity (Wildman–Crippen MR) is 130 cm³/mol. The van der Waals surface area contributed by atoms with Crippen LogP contribution in [0, 0.1) is 0 Å². The van der Waals surface area contributed by atoms with Gasteiger partial charge in [0.25, 0.3) is 0 Å². The van der Waals surface area contributed by atoms with Crippen molar-refractivity contribution < 1.29 is 9.47 Å². The first kappa shape index (κ1) is 23.3. The van der Waals surface area contributed by atoms with Crippen LogP contribution in [0.3, 0.4) is 0 Å². The molecule has 4 rings (SSSR count). The highest BCUT2D eigenvalue weighted by atomic mass is 16.5. The molecule has 3 aromatic rings. The number of nitrogens with zero attached hydrogens (tertiary/aromatic N) is 5. The smallest absolute Gasteiger partial charge is 0.229 e. The van der Waals surface area contributed by atoms with Crippen LogP contribution in [0.1, 0.15) is 50.3 Å². The summed E-state index contributed by atoms with van der Waals surface area (Å²) in [5.74, 6) is 2.43. The van der Waals surface area contributed by atoms with Gasteiger partial charge >= 0.3 is 0 Å². The first-order chi connectivity index (χ1) is 16.0. The Balaban J connectivity index is 1.51. The number of methoxy groups -OCH3 is 1. The molecule has 0 spiro atoms. The van der Waals surface area contributed by atoms with E-state index < -0.39 is 0 Å². The zero-order valence-corrected chi connectivity index (χ0v) is 20.0. The Hall–Kier alpha value is -2.91. The van der Waals surface area contributed by atoms with Crippen molar-refractivity contribution in [1.82, 2.24) is 24.5 Å². The second kappa shape index (κ2) is 10.8. The van der Waals surface area contributed by atoms with Crippen LogP contribution in [0.4, 0.5) is 11.9 Å². The number of morpholine rings is 1. The van der Waals surface area contributed by atoms with Crippen LogP contribution in [0.15, 0.2) is 30.5 Å². The fourth-order valence-corrected chi connectivity index (χ4v) is 3.99. The Morgan fingerprint density at radius 3 is 2.73 bits per heavy atom. The molecule has 1 saturated heterocycles. The lowest BCUT2D eigenvalue weighted by Crippen LogP contribution is -2.37. The van der Waals surface area contributed by atoms with Crippen LogP contribution < -0.4 is 15.4 Å². The quantitative estimate of drug-likeness (QED) is 0.451. The molecular weight excluding hydrogens is 418 g/mol. The average Bonchev–Trinajstić information content (AvgIpc) is 3.27. The van der Waals surface area contributed by atoms with Gasteiger partial charge in [-0.15, -0.1) is 0 Å². The van der Waals surface area contributed by atoms with Crippen molar-refractivity contribution in [3.8, 4) is 5.75 Å². The van der Waals surface area contributed by atoms with E-state index in [1.807, 2.05) is 24.4 Å². The van der Waals surface area contributed by atoms with Crippen molar-refractivity contribution in [1.29, 1.82) is 0 Å². The molecule has 9 nitrogen and oxygen atoms in total. The highest BCUT2D eigenvalue weighted by molar-refractivity contribution is 5.56. The number of rotatable bonds is 10. The van der Waals surface area contributed by atoms with Gasteiger partial charge in [-0.3, -0.25) is 4.90 Å². The lowest BCUT2D eigenvalue weighted by atomic mass is 10.1.